The summed E-state index contributed by atoms with van der Waals surface area (Å²) < 4.78 is 11.7. The van der Waals surface area contributed by atoms with Gasteiger partial charge in [-0.2, -0.15) is 0 Å². The fourth-order valence-corrected chi connectivity index (χ4v) is 4.12. The van der Waals surface area contributed by atoms with Crippen LogP contribution in [0.2, 0.25) is 0 Å². The van der Waals surface area contributed by atoms with E-state index in [1.807, 2.05) is 6.92 Å². The van der Waals surface area contributed by atoms with Gasteiger partial charge >= 0.3 is 0 Å². The average molecular weight is 284 g/mol. The molecule has 0 spiro atoms. The van der Waals surface area contributed by atoms with Gasteiger partial charge in [-0.1, -0.05) is 13.8 Å². The van der Waals surface area contributed by atoms with Crippen LogP contribution in [-0.2, 0) is 19.2 Å². The molecule has 0 amide bonds. The Balaban J connectivity index is 1.90. The number of rotatable bonds is 0. The third-order valence-corrected chi connectivity index (χ3v) is 5.91. The predicted octanol–water partition coefficient (Wildman–Crippen LogP) is 3.50. The molecule has 4 nitrogen and oxygen atoms in total. The lowest BCUT2D eigenvalue weighted by Gasteiger charge is -2.43. The molecule has 0 aromatic carbocycles. The molecule has 0 aromatic heterocycles. The molecule has 0 N–H and O–H groups in total. The van der Waals surface area contributed by atoms with Gasteiger partial charge in [0.2, 0.25) is 5.79 Å². The van der Waals surface area contributed by atoms with Crippen LogP contribution in [0.5, 0.6) is 0 Å². The first kappa shape index (κ1) is 14.8. The molecule has 2 saturated heterocycles. The van der Waals surface area contributed by atoms with Crippen LogP contribution >= 0.6 is 0 Å². The molecule has 3 fully saturated rings. The molecule has 0 aromatic rings. The molecular formula is C16H28O4. The second-order valence-electron chi connectivity index (χ2n) is 7.19. The highest BCUT2D eigenvalue weighted by atomic mass is 17.2. The van der Waals surface area contributed by atoms with E-state index in [1.54, 1.807) is 0 Å². The van der Waals surface area contributed by atoms with Crippen molar-refractivity contribution in [1.82, 2.24) is 0 Å². The zero-order valence-corrected chi connectivity index (χ0v) is 13.1. The van der Waals surface area contributed by atoms with E-state index in [0.717, 1.165) is 12.8 Å². The highest BCUT2D eigenvalue weighted by Crippen LogP contribution is 2.46. The van der Waals surface area contributed by atoms with Crippen LogP contribution in [0.1, 0.15) is 53.4 Å². The molecule has 3 rings (SSSR count). The Morgan fingerprint density at radius 3 is 2.60 bits per heavy atom. The molecule has 116 valence electrons. The second kappa shape index (κ2) is 5.56. The smallest absolute Gasteiger partial charge is 0.201 e. The van der Waals surface area contributed by atoms with Gasteiger partial charge in [-0.25, -0.2) is 9.78 Å². The minimum Gasteiger partial charge on any atom is -0.352 e. The third-order valence-electron chi connectivity index (χ3n) is 5.91. The maximum Gasteiger partial charge on any atom is 0.201 e. The Morgan fingerprint density at radius 2 is 1.80 bits per heavy atom. The molecule has 4 heteroatoms. The average Bonchev–Trinajstić information content (AvgIpc) is 2.59. The lowest BCUT2D eigenvalue weighted by Crippen LogP contribution is -2.45. The Bertz CT molecular complexity index is 347. The van der Waals surface area contributed by atoms with Gasteiger partial charge in [0, 0.05) is 6.42 Å². The van der Waals surface area contributed by atoms with Crippen molar-refractivity contribution < 1.29 is 19.2 Å². The SMILES string of the molecule is CC1OCO[C@]2(C)CC[C@@H]3[C@@H](OO2)[C@@H](CC[C@H]3C)[C@H]1C. The van der Waals surface area contributed by atoms with Gasteiger partial charge < -0.3 is 9.47 Å². The van der Waals surface area contributed by atoms with E-state index >= 15 is 0 Å². The van der Waals surface area contributed by atoms with Crippen LogP contribution < -0.4 is 0 Å². The van der Waals surface area contributed by atoms with Crippen LogP contribution in [0.15, 0.2) is 0 Å². The summed E-state index contributed by atoms with van der Waals surface area (Å²) in [7, 11) is 0. The summed E-state index contributed by atoms with van der Waals surface area (Å²) in [5.41, 5.74) is 0. The fraction of sp³-hybridized carbons (Fsp3) is 1.00. The van der Waals surface area contributed by atoms with Crippen LogP contribution in [0.3, 0.4) is 0 Å². The Hall–Kier alpha value is -0.160. The van der Waals surface area contributed by atoms with Crippen molar-refractivity contribution in [3.8, 4) is 0 Å². The molecule has 20 heavy (non-hydrogen) atoms. The summed E-state index contributed by atoms with van der Waals surface area (Å²) in [5.74, 6) is 1.59. The standard InChI is InChI=1S/C16H28O4/c1-10-5-6-14-11(2)12(3)17-9-18-16(4)8-7-13(10)15(14)19-20-16/h10-15H,5-9H2,1-4H3/t10-,11+,12?,13+,14+,15-,16+/m1/s1. The van der Waals surface area contributed by atoms with Crippen LogP contribution in [0, 0.1) is 23.7 Å². The first-order valence-corrected chi connectivity index (χ1v) is 8.10. The van der Waals surface area contributed by atoms with Crippen molar-refractivity contribution >= 4 is 0 Å². The van der Waals surface area contributed by atoms with Gasteiger partial charge in [0.05, 0.1) is 12.2 Å². The number of hydrogen-bond donors (Lipinski definition) is 0. The maximum absolute atomic E-state index is 5.92. The normalized spacial score (nSPS) is 53.4. The van der Waals surface area contributed by atoms with E-state index in [9.17, 15) is 0 Å². The van der Waals surface area contributed by atoms with Crippen molar-refractivity contribution in [2.45, 2.75) is 71.4 Å². The topological polar surface area (TPSA) is 36.9 Å². The molecule has 7 atom stereocenters. The summed E-state index contributed by atoms with van der Waals surface area (Å²) in [6.45, 7) is 9.02. The molecular weight excluding hydrogens is 256 g/mol. The third kappa shape index (κ3) is 2.63. The zero-order valence-electron chi connectivity index (χ0n) is 13.1. The fourth-order valence-electron chi connectivity index (χ4n) is 4.12. The quantitative estimate of drug-likeness (QED) is 0.638. The maximum atomic E-state index is 5.92. The van der Waals surface area contributed by atoms with Crippen molar-refractivity contribution in [2.24, 2.45) is 23.7 Å². The first-order valence-electron chi connectivity index (χ1n) is 8.10. The summed E-state index contributed by atoms with van der Waals surface area (Å²) in [6.07, 6.45) is 4.85. The number of ether oxygens (including phenoxy) is 2. The van der Waals surface area contributed by atoms with E-state index in [2.05, 4.69) is 20.8 Å². The van der Waals surface area contributed by atoms with E-state index < -0.39 is 5.79 Å². The Kier molecular flexibility index (Phi) is 4.10. The van der Waals surface area contributed by atoms with Crippen LogP contribution in [-0.4, -0.2) is 24.8 Å². The van der Waals surface area contributed by atoms with E-state index in [0.29, 0.717) is 23.7 Å². The lowest BCUT2D eigenvalue weighted by atomic mass is 9.66. The zero-order chi connectivity index (χ0) is 14.3. The Morgan fingerprint density at radius 1 is 1.00 bits per heavy atom. The molecule has 1 unspecified atom stereocenters. The van der Waals surface area contributed by atoms with E-state index in [1.165, 1.54) is 12.8 Å². The summed E-state index contributed by atoms with van der Waals surface area (Å²) in [5, 5.41) is 0. The van der Waals surface area contributed by atoms with E-state index in [-0.39, 0.29) is 19.0 Å². The van der Waals surface area contributed by atoms with E-state index in [4.69, 9.17) is 19.2 Å². The molecule has 2 heterocycles. The number of fused-ring (bicyclic) bond motifs is 2. The van der Waals surface area contributed by atoms with Crippen LogP contribution in [0.4, 0.5) is 0 Å². The predicted molar refractivity (Wildman–Crippen MR) is 74.6 cm³/mol. The largest absolute Gasteiger partial charge is 0.352 e. The molecule has 2 bridgehead atoms. The first-order chi connectivity index (χ1) is 9.50. The van der Waals surface area contributed by atoms with Crippen molar-refractivity contribution in [1.29, 1.82) is 0 Å². The summed E-state index contributed by atoms with van der Waals surface area (Å²) in [6, 6.07) is 0. The molecule has 2 aliphatic heterocycles. The van der Waals surface area contributed by atoms with Gasteiger partial charge in [0.1, 0.15) is 0 Å². The van der Waals surface area contributed by atoms with Crippen molar-refractivity contribution in [3.63, 3.8) is 0 Å². The molecule has 1 saturated carbocycles. The van der Waals surface area contributed by atoms with Gasteiger partial charge in [-0.05, 0) is 56.8 Å². The Labute approximate surface area is 122 Å². The molecule has 0 radical (unpaired) electrons. The van der Waals surface area contributed by atoms with Crippen molar-refractivity contribution in [2.75, 3.05) is 6.79 Å². The van der Waals surface area contributed by atoms with Gasteiger partial charge in [0.15, 0.2) is 6.79 Å². The molecule has 1 aliphatic carbocycles. The van der Waals surface area contributed by atoms with Gasteiger partial charge in [-0.15, -0.1) is 0 Å². The summed E-state index contributed by atoms with van der Waals surface area (Å²) >= 11 is 0. The highest BCUT2D eigenvalue weighted by Gasteiger charge is 2.47. The minimum atomic E-state index is -0.665. The molecule has 3 aliphatic rings. The lowest BCUT2D eigenvalue weighted by molar-refractivity contribution is -0.457. The minimum absolute atomic E-state index is 0.184. The monoisotopic (exact) mass is 284 g/mol. The highest BCUT2D eigenvalue weighted by molar-refractivity contribution is 4.92. The van der Waals surface area contributed by atoms with Gasteiger partial charge in [0.25, 0.3) is 0 Å². The summed E-state index contributed by atoms with van der Waals surface area (Å²) in [4.78, 5) is 11.6. The van der Waals surface area contributed by atoms with Gasteiger partial charge in [-0.3, -0.25) is 0 Å². The number of hydrogen-bond acceptors (Lipinski definition) is 4. The van der Waals surface area contributed by atoms with Crippen molar-refractivity contribution in [3.05, 3.63) is 0 Å². The second-order valence-corrected chi connectivity index (χ2v) is 7.19. The van der Waals surface area contributed by atoms with Crippen LogP contribution in [0.25, 0.3) is 0 Å².